The third kappa shape index (κ3) is 5.21. The van der Waals surface area contributed by atoms with E-state index in [2.05, 4.69) is 5.32 Å². The predicted octanol–water partition coefficient (Wildman–Crippen LogP) is 2.44. The molecule has 6 rings (SSSR count). The van der Waals surface area contributed by atoms with Crippen LogP contribution in [0.1, 0.15) is 81.3 Å². The lowest BCUT2D eigenvalue weighted by Crippen LogP contribution is -2.55. The van der Waals surface area contributed by atoms with E-state index in [1.54, 1.807) is 19.1 Å². The Morgan fingerprint density at radius 1 is 1.07 bits per heavy atom. The van der Waals surface area contributed by atoms with Gasteiger partial charge in [-0.2, -0.15) is 0 Å². The summed E-state index contributed by atoms with van der Waals surface area (Å²) in [5, 5.41) is 48.9. The molecule has 3 aromatic rings. The molecule has 0 unspecified atom stereocenters. The number of fused-ring (bicyclic) bond motifs is 3. The molecule has 0 amide bonds. The van der Waals surface area contributed by atoms with Gasteiger partial charge in [0.25, 0.3) is 0 Å². The normalized spacial score (nSPS) is 27.0. The highest BCUT2D eigenvalue weighted by Gasteiger charge is 2.49. The lowest BCUT2D eigenvalue weighted by Gasteiger charge is -2.43. The van der Waals surface area contributed by atoms with Crippen LogP contribution >= 0.6 is 0 Å². The van der Waals surface area contributed by atoms with Gasteiger partial charge < -0.3 is 45.7 Å². The van der Waals surface area contributed by atoms with Crippen molar-refractivity contribution < 1.29 is 49.0 Å². The molecule has 0 saturated carbocycles. The van der Waals surface area contributed by atoms with Crippen LogP contribution in [-0.2, 0) is 27.2 Å². The third-order valence-electron chi connectivity index (χ3n) is 9.29. The van der Waals surface area contributed by atoms with E-state index in [-0.39, 0.29) is 40.8 Å². The summed E-state index contributed by atoms with van der Waals surface area (Å²) < 4.78 is 17.7. The van der Waals surface area contributed by atoms with Gasteiger partial charge in [-0.05, 0) is 37.6 Å². The van der Waals surface area contributed by atoms with Crippen molar-refractivity contribution >= 4 is 23.0 Å². The monoisotopic (exact) mass is 632 g/mol. The van der Waals surface area contributed by atoms with Gasteiger partial charge in [0.05, 0.1) is 48.2 Å². The molecule has 0 bridgehead atoms. The highest BCUT2D eigenvalue weighted by atomic mass is 16.7. The van der Waals surface area contributed by atoms with Crippen molar-refractivity contribution in [3.63, 3.8) is 0 Å². The van der Waals surface area contributed by atoms with E-state index in [0.717, 1.165) is 5.56 Å². The fourth-order valence-corrected chi connectivity index (χ4v) is 6.78. The molecule has 0 spiro atoms. The van der Waals surface area contributed by atoms with Crippen molar-refractivity contribution in [1.29, 1.82) is 0 Å². The van der Waals surface area contributed by atoms with E-state index in [4.69, 9.17) is 19.9 Å². The molecule has 12 nitrogen and oxygen atoms in total. The molecule has 46 heavy (non-hydrogen) atoms. The molecule has 2 aliphatic carbocycles. The Labute approximate surface area is 264 Å². The highest BCUT2D eigenvalue weighted by molar-refractivity contribution is 6.31. The van der Waals surface area contributed by atoms with Crippen molar-refractivity contribution in [3.8, 4) is 17.2 Å². The first-order chi connectivity index (χ1) is 21.8. The summed E-state index contributed by atoms with van der Waals surface area (Å²) in [7, 11) is 1.34. The molecule has 0 aromatic heterocycles. The molecule has 1 heterocycles. The SMILES string of the molecule is COc1cccc2c1C(=O)c1c(O)c3c(c(O)c1C2=O)C[C@@](O)(C(C)=O)C[C@@H]3O[C@H]1C[C@H](O)[C@H](NCc2ccc(N)cc2)[C@H](C)O1. The summed E-state index contributed by atoms with van der Waals surface area (Å²) in [6.07, 6.45) is -4.57. The molecular weight excluding hydrogens is 596 g/mol. The lowest BCUT2D eigenvalue weighted by molar-refractivity contribution is -0.246. The van der Waals surface area contributed by atoms with Gasteiger partial charge in [-0.3, -0.25) is 14.4 Å². The molecule has 242 valence electrons. The Hall–Kier alpha value is -4.33. The fourth-order valence-electron chi connectivity index (χ4n) is 6.78. The van der Waals surface area contributed by atoms with Crippen LogP contribution in [0.2, 0.25) is 0 Å². The number of Topliss-reactive ketones (excluding diaryl/α,β-unsaturated/α-hetero) is 1. The van der Waals surface area contributed by atoms with Crippen LogP contribution < -0.4 is 15.8 Å². The smallest absolute Gasteiger partial charge is 0.202 e. The first-order valence-corrected chi connectivity index (χ1v) is 15.0. The largest absolute Gasteiger partial charge is 0.507 e. The number of ether oxygens (including phenoxy) is 3. The van der Waals surface area contributed by atoms with Crippen molar-refractivity contribution in [3.05, 3.63) is 81.4 Å². The standard InChI is InChI=1S/C34H36N2O10/c1-15-29(36-14-17-7-9-18(35)10-8-17)21(38)11-24(45-15)46-23-13-34(43,16(2)37)12-20-26(23)33(42)28-27(31(20)40)30(39)19-5-4-6-22(44-3)25(19)32(28)41/h4-10,15,21,23-24,29,36,38,40,42-43H,11-14,35H2,1-3H3/t15-,21-,23-,24-,29+,34-/m0/s1. The van der Waals surface area contributed by atoms with Gasteiger partial charge in [0, 0.05) is 48.2 Å². The van der Waals surface area contributed by atoms with Gasteiger partial charge in [0.15, 0.2) is 17.9 Å². The number of phenols is 2. The molecule has 1 saturated heterocycles. The third-order valence-corrected chi connectivity index (χ3v) is 9.29. The molecule has 6 atom stereocenters. The zero-order chi connectivity index (χ0) is 33.1. The maximum absolute atomic E-state index is 13.8. The number of hydrogen-bond donors (Lipinski definition) is 6. The maximum Gasteiger partial charge on any atom is 0.202 e. The molecular formula is C34H36N2O10. The van der Waals surface area contributed by atoms with Crippen LogP contribution in [0.5, 0.6) is 17.2 Å². The minimum Gasteiger partial charge on any atom is -0.507 e. The Bertz CT molecular complexity index is 1730. The number of benzene rings is 3. The summed E-state index contributed by atoms with van der Waals surface area (Å²) in [6, 6.07) is 11.3. The Balaban J connectivity index is 1.33. The Kier molecular flexibility index (Phi) is 8.11. The quantitative estimate of drug-likeness (QED) is 0.129. The second-order valence-corrected chi connectivity index (χ2v) is 12.2. The van der Waals surface area contributed by atoms with Gasteiger partial charge in [0.2, 0.25) is 5.78 Å². The topological polar surface area (TPSA) is 198 Å². The number of nitrogens with one attached hydrogen (secondary N) is 1. The van der Waals surface area contributed by atoms with Crippen molar-refractivity contribution in [2.45, 2.75) is 75.9 Å². The number of aliphatic hydroxyl groups is 2. The average molecular weight is 633 g/mol. The number of anilines is 1. The number of rotatable bonds is 7. The van der Waals surface area contributed by atoms with E-state index < -0.39 is 82.6 Å². The molecule has 0 radical (unpaired) electrons. The highest BCUT2D eigenvalue weighted by Crippen LogP contribution is 2.52. The molecule has 3 aliphatic rings. The Morgan fingerprint density at radius 2 is 1.76 bits per heavy atom. The number of aromatic hydroxyl groups is 2. The fraction of sp³-hybridized carbons (Fsp3) is 0.382. The number of methoxy groups -OCH3 is 1. The van der Waals surface area contributed by atoms with Crippen LogP contribution in [0, 0.1) is 0 Å². The van der Waals surface area contributed by atoms with Gasteiger partial charge >= 0.3 is 0 Å². The van der Waals surface area contributed by atoms with Gasteiger partial charge in [-0.15, -0.1) is 0 Å². The number of aliphatic hydroxyl groups excluding tert-OH is 1. The summed E-state index contributed by atoms with van der Waals surface area (Å²) >= 11 is 0. The number of carbonyl (C=O) groups excluding carboxylic acids is 3. The number of hydrogen-bond acceptors (Lipinski definition) is 12. The number of phenolic OH excluding ortho intramolecular Hbond substituents is 2. The van der Waals surface area contributed by atoms with Gasteiger partial charge in [0.1, 0.15) is 22.8 Å². The summed E-state index contributed by atoms with van der Waals surface area (Å²) in [4.78, 5) is 40.1. The average Bonchev–Trinajstić information content (AvgIpc) is 3.01. The van der Waals surface area contributed by atoms with Crippen LogP contribution in [0.3, 0.4) is 0 Å². The maximum atomic E-state index is 13.8. The molecule has 12 heteroatoms. The zero-order valence-corrected chi connectivity index (χ0v) is 25.6. The number of nitrogens with two attached hydrogens (primary N) is 1. The number of ketones is 3. The minimum absolute atomic E-state index is 0.00620. The predicted molar refractivity (Wildman–Crippen MR) is 164 cm³/mol. The molecule has 1 aliphatic heterocycles. The molecule has 7 N–H and O–H groups in total. The second kappa shape index (κ2) is 11.8. The molecule has 1 fully saturated rings. The summed E-state index contributed by atoms with van der Waals surface area (Å²) in [5.41, 5.74) is 4.26. The van der Waals surface area contributed by atoms with Crippen LogP contribution in [0.4, 0.5) is 5.69 Å². The number of carbonyl (C=O) groups is 3. The summed E-state index contributed by atoms with van der Waals surface area (Å²) in [6.45, 7) is 3.39. The second-order valence-electron chi connectivity index (χ2n) is 12.2. The van der Waals surface area contributed by atoms with E-state index in [1.807, 2.05) is 12.1 Å². The van der Waals surface area contributed by atoms with Gasteiger partial charge in [-0.1, -0.05) is 24.3 Å². The van der Waals surface area contributed by atoms with Crippen molar-refractivity contribution in [2.24, 2.45) is 0 Å². The minimum atomic E-state index is -2.03. The Morgan fingerprint density at radius 3 is 2.41 bits per heavy atom. The first kappa shape index (κ1) is 31.6. The zero-order valence-electron chi connectivity index (χ0n) is 25.6. The van der Waals surface area contributed by atoms with E-state index in [9.17, 15) is 34.8 Å². The van der Waals surface area contributed by atoms with E-state index >= 15 is 0 Å². The van der Waals surface area contributed by atoms with E-state index in [0.29, 0.717) is 12.2 Å². The lowest BCUT2D eigenvalue weighted by atomic mass is 9.72. The van der Waals surface area contributed by atoms with E-state index in [1.165, 1.54) is 32.2 Å². The first-order valence-electron chi connectivity index (χ1n) is 15.0. The van der Waals surface area contributed by atoms with Gasteiger partial charge in [-0.25, -0.2) is 0 Å². The van der Waals surface area contributed by atoms with Crippen molar-refractivity contribution in [1.82, 2.24) is 5.32 Å². The van der Waals surface area contributed by atoms with Crippen molar-refractivity contribution in [2.75, 3.05) is 12.8 Å². The van der Waals surface area contributed by atoms with Crippen LogP contribution in [0.15, 0.2) is 42.5 Å². The summed E-state index contributed by atoms with van der Waals surface area (Å²) in [5.74, 6) is -3.20. The van der Waals surface area contributed by atoms with Crippen LogP contribution in [0.25, 0.3) is 0 Å². The van der Waals surface area contributed by atoms with Crippen LogP contribution in [-0.4, -0.2) is 75.0 Å². The molecule has 3 aromatic carbocycles. The number of nitrogen functional groups attached to an aromatic ring is 1.